The van der Waals surface area contributed by atoms with Crippen LogP contribution in [0.5, 0.6) is 17.4 Å². The van der Waals surface area contributed by atoms with Crippen LogP contribution in [0.4, 0.5) is 13.2 Å². The number of aryl methyl sites for hydroxylation is 1. The van der Waals surface area contributed by atoms with E-state index in [1.54, 1.807) is 23.3 Å². The number of phenolic OH excluding ortho intramolecular Hbond substituents is 1. The predicted octanol–water partition coefficient (Wildman–Crippen LogP) is 3.58. The number of alkyl halides is 3. The van der Waals surface area contributed by atoms with Crippen LogP contribution in [-0.2, 0) is 19.3 Å². The highest BCUT2D eigenvalue weighted by Gasteiger charge is 2.41. The fourth-order valence-electron chi connectivity index (χ4n) is 2.84. The SMILES string of the molecule is Oc1ccc(-c2c(O)c(O)n(CCCn3ccnc3)c2C(F)(F)F)cc1. The Bertz CT molecular complexity index is 885. The Morgan fingerprint density at radius 1 is 1.00 bits per heavy atom. The zero-order valence-corrected chi connectivity index (χ0v) is 13.5. The summed E-state index contributed by atoms with van der Waals surface area (Å²) in [7, 11) is 0. The second kappa shape index (κ2) is 6.66. The molecule has 6 nitrogen and oxygen atoms in total. The van der Waals surface area contributed by atoms with Crippen LogP contribution in [0.3, 0.4) is 0 Å². The van der Waals surface area contributed by atoms with Gasteiger partial charge in [-0.3, -0.25) is 0 Å². The lowest BCUT2D eigenvalue weighted by molar-refractivity contribution is -0.143. The maximum Gasteiger partial charge on any atom is 0.432 e. The van der Waals surface area contributed by atoms with Gasteiger partial charge in [0.2, 0.25) is 5.88 Å². The van der Waals surface area contributed by atoms with Gasteiger partial charge in [-0.25, -0.2) is 4.98 Å². The van der Waals surface area contributed by atoms with E-state index in [1.165, 1.54) is 24.3 Å². The van der Waals surface area contributed by atoms with Gasteiger partial charge >= 0.3 is 6.18 Å². The van der Waals surface area contributed by atoms with Gasteiger partial charge in [0.25, 0.3) is 0 Å². The molecule has 0 aliphatic rings. The number of imidazole rings is 1. The number of hydrogen-bond donors (Lipinski definition) is 3. The van der Waals surface area contributed by atoms with Gasteiger partial charge in [-0.1, -0.05) is 12.1 Å². The molecule has 3 N–H and O–H groups in total. The average Bonchev–Trinajstić information content (AvgIpc) is 3.17. The molecule has 0 aliphatic heterocycles. The molecule has 0 fully saturated rings. The molecule has 0 radical (unpaired) electrons. The minimum Gasteiger partial charge on any atom is -0.508 e. The molecule has 138 valence electrons. The van der Waals surface area contributed by atoms with Crippen molar-refractivity contribution in [2.24, 2.45) is 0 Å². The van der Waals surface area contributed by atoms with Crippen molar-refractivity contribution < 1.29 is 28.5 Å². The molecule has 0 unspecified atom stereocenters. The molecule has 0 aliphatic carbocycles. The van der Waals surface area contributed by atoms with Crippen LogP contribution in [0.15, 0.2) is 43.0 Å². The Morgan fingerprint density at radius 3 is 2.27 bits per heavy atom. The summed E-state index contributed by atoms with van der Waals surface area (Å²) in [5.41, 5.74) is -1.61. The van der Waals surface area contributed by atoms with Crippen LogP contribution in [0.1, 0.15) is 12.1 Å². The molecule has 9 heteroatoms. The third kappa shape index (κ3) is 3.32. The Morgan fingerprint density at radius 2 is 1.69 bits per heavy atom. The number of hydrogen-bond acceptors (Lipinski definition) is 4. The van der Waals surface area contributed by atoms with Crippen molar-refractivity contribution in [3.05, 3.63) is 48.7 Å². The lowest BCUT2D eigenvalue weighted by Crippen LogP contribution is -2.15. The summed E-state index contributed by atoms with van der Waals surface area (Å²) < 4.78 is 43.3. The van der Waals surface area contributed by atoms with E-state index in [2.05, 4.69) is 4.98 Å². The summed E-state index contributed by atoms with van der Waals surface area (Å²) in [6.07, 6.45) is 0.277. The third-order valence-corrected chi connectivity index (χ3v) is 3.99. The third-order valence-electron chi connectivity index (χ3n) is 3.99. The van der Waals surface area contributed by atoms with Gasteiger partial charge < -0.3 is 24.5 Å². The van der Waals surface area contributed by atoms with Crippen molar-refractivity contribution in [1.82, 2.24) is 14.1 Å². The first-order valence-electron chi connectivity index (χ1n) is 7.75. The summed E-state index contributed by atoms with van der Waals surface area (Å²) in [5, 5.41) is 29.5. The molecule has 0 saturated heterocycles. The zero-order valence-electron chi connectivity index (χ0n) is 13.5. The Balaban J connectivity index is 2.00. The smallest absolute Gasteiger partial charge is 0.432 e. The van der Waals surface area contributed by atoms with Gasteiger partial charge in [-0.15, -0.1) is 0 Å². The van der Waals surface area contributed by atoms with Gasteiger partial charge in [-0.05, 0) is 24.1 Å². The fraction of sp³-hybridized carbons (Fsp3) is 0.235. The number of aromatic nitrogens is 3. The summed E-state index contributed by atoms with van der Waals surface area (Å²) in [5.74, 6) is -1.80. The van der Waals surface area contributed by atoms with Crippen molar-refractivity contribution in [2.75, 3.05) is 0 Å². The standard InChI is InChI=1S/C17H16F3N3O3/c18-17(19,20)15-13(11-2-4-12(24)5-3-11)14(25)16(26)23(15)8-1-7-22-9-6-21-10-22/h2-6,9-10,24-26H,1,7-8H2. The molecule has 3 aromatic rings. The normalized spacial score (nSPS) is 11.8. The van der Waals surface area contributed by atoms with Crippen LogP contribution in [0.25, 0.3) is 11.1 Å². The maximum atomic E-state index is 13.7. The topological polar surface area (TPSA) is 83.4 Å². The molecule has 2 aromatic heterocycles. The molecule has 1 aromatic carbocycles. The van der Waals surface area contributed by atoms with Crippen molar-refractivity contribution in [3.63, 3.8) is 0 Å². The average molecular weight is 367 g/mol. The Kier molecular flexibility index (Phi) is 4.54. The van der Waals surface area contributed by atoms with E-state index in [0.29, 0.717) is 11.1 Å². The summed E-state index contributed by atoms with van der Waals surface area (Å²) in [4.78, 5) is 3.85. The van der Waals surface area contributed by atoms with Gasteiger partial charge in [-0.2, -0.15) is 13.2 Å². The van der Waals surface area contributed by atoms with Crippen molar-refractivity contribution in [3.8, 4) is 28.5 Å². The molecule has 0 atom stereocenters. The zero-order chi connectivity index (χ0) is 18.9. The number of aromatic hydroxyl groups is 3. The number of halogens is 3. The van der Waals surface area contributed by atoms with Crippen LogP contribution in [0, 0.1) is 0 Å². The van der Waals surface area contributed by atoms with Gasteiger partial charge in [0.1, 0.15) is 11.4 Å². The molecular weight excluding hydrogens is 351 g/mol. The van der Waals surface area contributed by atoms with E-state index >= 15 is 0 Å². The lowest BCUT2D eigenvalue weighted by Gasteiger charge is -2.14. The summed E-state index contributed by atoms with van der Waals surface area (Å²) in [6.45, 7) is 0.259. The van der Waals surface area contributed by atoms with E-state index in [-0.39, 0.29) is 24.3 Å². The Labute approximate surface area is 146 Å². The van der Waals surface area contributed by atoms with Crippen molar-refractivity contribution in [2.45, 2.75) is 25.7 Å². The maximum absolute atomic E-state index is 13.7. The minimum atomic E-state index is -4.79. The number of phenols is 1. The molecule has 2 heterocycles. The van der Waals surface area contributed by atoms with E-state index in [4.69, 9.17) is 0 Å². The van der Waals surface area contributed by atoms with Crippen LogP contribution in [-0.4, -0.2) is 29.4 Å². The number of nitrogens with zero attached hydrogens (tertiary/aromatic N) is 3. The summed E-state index contributed by atoms with van der Waals surface area (Å²) in [6, 6.07) is 4.91. The number of rotatable bonds is 5. The largest absolute Gasteiger partial charge is 0.508 e. The first kappa shape index (κ1) is 17.7. The molecule has 0 spiro atoms. The minimum absolute atomic E-state index is 0.0382. The fourth-order valence-corrected chi connectivity index (χ4v) is 2.84. The molecule has 0 bridgehead atoms. The van der Waals surface area contributed by atoms with Crippen LogP contribution in [0.2, 0.25) is 0 Å². The highest BCUT2D eigenvalue weighted by molar-refractivity contribution is 5.77. The van der Waals surface area contributed by atoms with E-state index in [1.807, 2.05) is 0 Å². The first-order chi connectivity index (χ1) is 12.3. The molecular formula is C17H16F3N3O3. The highest BCUT2D eigenvalue weighted by Crippen LogP contribution is 2.48. The van der Waals surface area contributed by atoms with Gasteiger partial charge in [0.05, 0.1) is 11.9 Å². The molecule has 3 rings (SSSR count). The van der Waals surface area contributed by atoms with Crippen LogP contribution < -0.4 is 0 Å². The predicted molar refractivity (Wildman–Crippen MR) is 86.7 cm³/mol. The molecule has 0 saturated carbocycles. The molecule has 0 amide bonds. The second-order valence-electron chi connectivity index (χ2n) is 5.75. The van der Waals surface area contributed by atoms with Gasteiger partial charge in [0, 0.05) is 25.5 Å². The first-order valence-corrected chi connectivity index (χ1v) is 7.75. The monoisotopic (exact) mass is 367 g/mol. The highest BCUT2D eigenvalue weighted by atomic mass is 19.4. The lowest BCUT2D eigenvalue weighted by atomic mass is 10.0. The van der Waals surface area contributed by atoms with Crippen molar-refractivity contribution >= 4 is 0 Å². The van der Waals surface area contributed by atoms with Crippen molar-refractivity contribution in [1.29, 1.82) is 0 Å². The number of benzene rings is 1. The van der Waals surface area contributed by atoms with E-state index < -0.39 is 29.1 Å². The molecule has 26 heavy (non-hydrogen) atoms. The quantitative estimate of drug-likeness (QED) is 0.644. The Hall–Kier alpha value is -3.10. The van der Waals surface area contributed by atoms with E-state index in [0.717, 1.165) is 0 Å². The van der Waals surface area contributed by atoms with Crippen LogP contribution >= 0.6 is 0 Å². The summed E-state index contributed by atoms with van der Waals surface area (Å²) >= 11 is 0. The van der Waals surface area contributed by atoms with Gasteiger partial charge in [0.15, 0.2) is 5.75 Å². The van der Waals surface area contributed by atoms with E-state index in [9.17, 15) is 28.5 Å². The second-order valence-corrected chi connectivity index (χ2v) is 5.75.